The first-order chi connectivity index (χ1) is 16.2. The number of benzene rings is 2. The van der Waals surface area contributed by atoms with Gasteiger partial charge >= 0.3 is 0 Å². The van der Waals surface area contributed by atoms with Crippen molar-refractivity contribution in [3.8, 4) is 17.1 Å². The van der Waals surface area contributed by atoms with E-state index in [9.17, 15) is 4.79 Å². The number of nitrogens with zero attached hydrogens (tertiary/aromatic N) is 4. The summed E-state index contributed by atoms with van der Waals surface area (Å²) in [6.45, 7) is 2.45. The van der Waals surface area contributed by atoms with E-state index in [-0.39, 0.29) is 11.7 Å². The van der Waals surface area contributed by atoms with E-state index in [0.29, 0.717) is 11.7 Å². The van der Waals surface area contributed by atoms with Gasteiger partial charge in [0.15, 0.2) is 11.0 Å². The number of nitrogens with one attached hydrogen (secondary N) is 2. The molecule has 2 N–H and O–H groups in total. The van der Waals surface area contributed by atoms with Crippen LogP contribution in [0.5, 0.6) is 0 Å². The molecule has 0 radical (unpaired) electrons. The third kappa shape index (κ3) is 4.51. The zero-order chi connectivity index (χ0) is 22.6. The summed E-state index contributed by atoms with van der Waals surface area (Å²) >= 11 is 1.36. The number of fused-ring (bicyclic) bond motifs is 1. The van der Waals surface area contributed by atoms with E-state index in [2.05, 4.69) is 50.6 Å². The third-order valence-corrected chi connectivity index (χ3v) is 6.18. The summed E-state index contributed by atoms with van der Waals surface area (Å²) in [4.78, 5) is 20.0. The Morgan fingerprint density at radius 1 is 1.06 bits per heavy atom. The first-order valence-electron chi connectivity index (χ1n) is 10.6. The minimum Gasteiger partial charge on any atom is -0.360 e. The zero-order valence-electron chi connectivity index (χ0n) is 18.0. The Morgan fingerprint density at radius 3 is 2.79 bits per heavy atom. The predicted octanol–water partition coefficient (Wildman–Crippen LogP) is 4.53. The molecule has 2 aromatic carbocycles. The average molecular weight is 455 g/mol. The third-order valence-electron chi connectivity index (χ3n) is 5.25. The second-order valence-electron chi connectivity index (χ2n) is 7.62. The van der Waals surface area contributed by atoms with Gasteiger partial charge in [-0.15, -0.1) is 10.2 Å². The number of carbonyl (C=O) groups excluding carboxylic acids is 1. The molecule has 5 rings (SSSR count). The number of H-pyrrole nitrogens is 1. The second kappa shape index (κ2) is 9.30. The van der Waals surface area contributed by atoms with Crippen LogP contribution in [0.15, 0.2) is 84.3 Å². The van der Waals surface area contributed by atoms with E-state index >= 15 is 0 Å². The van der Waals surface area contributed by atoms with Crippen LogP contribution >= 0.6 is 11.8 Å². The van der Waals surface area contributed by atoms with Gasteiger partial charge in [0.05, 0.1) is 18.0 Å². The van der Waals surface area contributed by atoms with Gasteiger partial charge in [-0.1, -0.05) is 48.2 Å². The van der Waals surface area contributed by atoms with E-state index < -0.39 is 0 Å². The minimum atomic E-state index is -0.0851. The highest BCUT2D eigenvalue weighted by Gasteiger charge is 2.19. The van der Waals surface area contributed by atoms with Crippen LogP contribution in [0, 0.1) is 6.92 Å². The largest absolute Gasteiger partial charge is 0.360 e. The number of thioether (sulfide) groups is 1. The topological polar surface area (TPSA) is 88.5 Å². The molecule has 3 aromatic heterocycles. The number of hydrogen-bond acceptors (Lipinski definition) is 5. The molecule has 164 valence electrons. The van der Waals surface area contributed by atoms with Crippen molar-refractivity contribution in [3.63, 3.8) is 0 Å². The van der Waals surface area contributed by atoms with E-state index in [1.807, 2.05) is 59.3 Å². The summed E-state index contributed by atoms with van der Waals surface area (Å²) in [7, 11) is 0. The van der Waals surface area contributed by atoms with E-state index in [1.165, 1.54) is 11.8 Å². The average Bonchev–Trinajstić information content (AvgIpc) is 3.46. The summed E-state index contributed by atoms with van der Waals surface area (Å²) < 4.78 is 2.01. The fraction of sp³-hybridized carbons (Fsp3) is 0.120. The Kier molecular flexibility index (Phi) is 5.91. The molecule has 0 saturated heterocycles. The molecule has 3 heterocycles. The summed E-state index contributed by atoms with van der Waals surface area (Å²) in [5, 5.41) is 13.6. The fourth-order valence-corrected chi connectivity index (χ4v) is 4.45. The number of aryl methyl sites for hydroxylation is 1. The van der Waals surface area contributed by atoms with Crippen molar-refractivity contribution in [3.05, 3.63) is 90.4 Å². The van der Waals surface area contributed by atoms with Gasteiger partial charge in [-0.05, 0) is 42.8 Å². The molecule has 1 amide bonds. The van der Waals surface area contributed by atoms with Crippen molar-refractivity contribution >= 4 is 28.6 Å². The maximum Gasteiger partial charge on any atom is 0.230 e. The number of para-hydroxylation sites is 1. The first-order valence-corrected chi connectivity index (χ1v) is 11.6. The predicted molar refractivity (Wildman–Crippen MR) is 130 cm³/mol. The summed E-state index contributed by atoms with van der Waals surface area (Å²) in [6.07, 6.45) is 3.67. The SMILES string of the molecule is Cc1cccc(-n2c(SCC(=O)NCc3ccccn3)nnc2-c2c[nH]c3ccccc23)c1. The van der Waals surface area contributed by atoms with Gasteiger partial charge in [0, 0.05) is 34.5 Å². The highest BCUT2D eigenvalue weighted by atomic mass is 32.2. The molecule has 5 aromatic rings. The van der Waals surface area contributed by atoms with E-state index in [4.69, 9.17) is 0 Å². The van der Waals surface area contributed by atoms with Crippen LogP contribution in [-0.4, -0.2) is 36.4 Å². The van der Waals surface area contributed by atoms with Crippen LogP contribution in [0.4, 0.5) is 0 Å². The number of carbonyl (C=O) groups is 1. The number of hydrogen-bond donors (Lipinski definition) is 2. The summed E-state index contributed by atoms with van der Waals surface area (Å²) in [5.74, 6) is 0.873. The highest BCUT2D eigenvalue weighted by Crippen LogP contribution is 2.32. The molecule has 8 heteroatoms. The molecule has 0 spiro atoms. The summed E-state index contributed by atoms with van der Waals surface area (Å²) in [5.41, 5.74) is 4.91. The van der Waals surface area contributed by atoms with E-state index in [1.54, 1.807) is 6.20 Å². The first kappa shape index (κ1) is 21.0. The monoisotopic (exact) mass is 454 g/mol. The molecule has 0 fully saturated rings. The quantitative estimate of drug-likeness (QED) is 0.353. The summed E-state index contributed by atoms with van der Waals surface area (Å²) in [6, 6.07) is 21.9. The van der Waals surface area contributed by atoms with Gasteiger partial charge in [-0.3, -0.25) is 14.3 Å². The number of pyridine rings is 1. The van der Waals surface area contributed by atoms with Crippen molar-refractivity contribution in [2.24, 2.45) is 0 Å². The zero-order valence-corrected chi connectivity index (χ0v) is 18.8. The van der Waals surface area contributed by atoms with Crippen LogP contribution in [-0.2, 0) is 11.3 Å². The normalized spacial score (nSPS) is 11.1. The van der Waals surface area contributed by atoms with Crippen LogP contribution in [0.1, 0.15) is 11.3 Å². The minimum absolute atomic E-state index is 0.0851. The maximum atomic E-state index is 12.5. The number of aromatic amines is 1. The van der Waals surface area contributed by atoms with Crippen LogP contribution in [0.2, 0.25) is 0 Å². The Bertz CT molecular complexity index is 1410. The van der Waals surface area contributed by atoms with Crippen LogP contribution < -0.4 is 5.32 Å². The molecule has 0 saturated carbocycles. The number of amides is 1. The highest BCUT2D eigenvalue weighted by molar-refractivity contribution is 7.99. The Balaban J connectivity index is 1.43. The lowest BCUT2D eigenvalue weighted by atomic mass is 10.1. The standard InChI is InChI=1S/C25H22N6OS/c1-17-7-6-9-19(13-17)31-24(21-15-27-22-11-3-2-10-20(21)22)29-30-25(31)33-16-23(32)28-14-18-8-4-5-12-26-18/h2-13,15,27H,14,16H2,1H3,(H,28,32). The van der Waals surface area contributed by atoms with Gasteiger partial charge in [-0.2, -0.15) is 0 Å². The maximum absolute atomic E-state index is 12.5. The van der Waals surface area contributed by atoms with E-state index in [0.717, 1.165) is 39.2 Å². The van der Waals surface area contributed by atoms with Crippen molar-refractivity contribution in [2.75, 3.05) is 5.75 Å². The molecule has 0 aliphatic heterocycles. The molecule has 0 atom stereocenters. The van der Waals surface area contributed by atoms with Crippen molar-refractivity contribution in [2.45, 2.75) is 18.6 Å². The van der Waals surface area contributed by atoms with Gasteiger partial charge in [0.1, 0.15) is 0 Å². The smallest absolute Gasteiger partial charge is 0.230 e. The van der Waals surface area contributed by atoms with Crippen molar-refractivity contribution in [1.82, 2.24) is 30.0 Å². The van der Waals surface area contributed by atoms with Crippen LogP contribution in [0.3, 0.4) is 0 Å². The molecule has 0 aliphatic rings. The molecule has 0 bridgehead atoms. The Hall–Kier alpha value is -3.91. The second-order valence-corrected chi connectivity index (χ2v) is 8.56. The lowest BCUT2D eigenvalue weighted by molar-refractivity contribution is -0.118. The fourth-order valence-electron chi connectivity index (χ4n) is 3.67. The molecule has 0 unspecified atom stereocenters. The van der Waals surface area contributed by atoms with Crippen molar-refractivity contribution < 1.29 is 4.79 Å². The molecular weight excluding hydrogens is 432 g/mol. The lowest BCUT2D eigenvalue weighted by Gasteiger charge is -2.11. The number of rotatable bonds is 7. The van der Waals surface area contributed by atoms with Crippen molar-refractivity contribution in [1.29, 1.82) is 0 Å². The Morgan fingerprint density at radius 2 is 1.94 bits per heavy atom. The lowest BCUT2D eigenvalue weighted by Crippen LogP contribution is -2.25. The molecule has 0 aliphatic carbocycles. The molecule has 33 heavy (non-hydrogen) atoms. The number of aromatic nitrogens is 5. The van der Waals surface area contributed by atoms with Gasteiger partial charge in [-0.25, -0.2) is 0 Å². The molecule has 7 nitrogen and oxygen atoms in total. The van der Waals surface area contributed by atoms with Gasteiger partial charge < -0.3 is 10.3 Å². The van der Waals surface area contributed by atoms with Gasteiger partial charge in [0.2, 0.25) is 5.91 Å². The Labute approximate surface area is 195 Å². The van der Waals surface area contributed by atoms with Gasteiger partial charge in [0.25, 0.3) is 0 Å². The van der Waals surface area contributed by atoms with Crippen LogP contribution in [0.25, 0.3) is 28.0 Å². The molecular formula is C25H22N6OS.